The molecule has 0 heterocycles. The number of hydrogen-bond acceptors (Lipinski definition) is 5. The molecular weight excluding hydrogens is 288 g/mol. The fourth-order valence-electron chi connectivity index (χ4n) is 1.86. The Morgan fingerprint density at radius 1 is 1.38 bits per heavy atom. The second-order valence-electron chi connectivity index (χ2n) is 4.74. The van der Waals surface area contributed by atoms with Crippen LogP contribution >= 0.6 is 12.2 Å². The van der Waals surface area contributed by atoms with Gasteiger partial charge < -0.3 is 20.3 Å². The monoisotopic (exact) mass is 312 g/mol. The lowest BCUT2D eigenvalue weighted by molar-refractivity contribution is 0.0592. The average Bonchev–Trinajstić information content (AvgIpc) is 2.49. The van der Waals surface area contributed by atoms with Gasteiger partial charge >= 0.3 is 0 Å². The molecule has 0 aliphatic rings. The summed E-state index contributed by atoms with van der Waals surface area (Å²) >= 11 is 4.89. The number of thiocarbonyl (C=S) groups is 1. The molecule has 1 aromatic carbocycles. The summed E-state index contributed by atoms with van der Waals surface area (Å²) in [5.41, 5.74) is 6.33. The van der Waals surface area contributed by atoms with E-state index in [0.29, 0.717) is 23.9 Å². The Labute approximate surface area is 131 Å². The van der Waals surface area contributed by atoms with Gasteiger partial charge in [0.2, 0.25) is 0 Å². The Morgan fingerprint density at radius 2 is 2.05 bits per heavy atom. The van der Waals surface area contributed by atoms with E-state index >= 15 is 0 Å². The van der Waals surface area contributed by atoms with Crippen LogP contribution in [0.25, 0.3) is 0 Å². The molecule has 21 heavy (non-hydrogen) atoms. The molecule has 0 bridgehead atoms. The fourth-order valence-corrected chi connectivity index (χ4v) is 1.99. The molecule has 1 unspecified atom stereocenters. The van der Waals surface area contributed by atoms with E-state index < -0.39 is 6.10 Å². The van der Waals surface area contributed by atoms with Crippen LogP contribution in [0.1, 0.15) is 12.5 Å². The number of benzene rings is 1. The van der Waals surface area contributed by atoms with Crippen molar-refractivity contribution in [1.82, 2.24) is 4.90 Å². The number of aliphatic hydroxyl groups excluding tert-OH is 1. The maximum Gasteiger partial charge on any atom is 0.119 e. The van der Waals surface area contributed by atoms with Gasteiger partial charge in [0.25, 0.3) is 0 Å². The molecule has 1 aromatic rings. The molecule has 0 saturated carbocycles. The molecule has 0 radical (unpaired) electrons. The maximum atomic E-state index is 10.0. The van der Waals surface area contributed by atoms with Gasteiger partial charge in [-0.25, -0.2) is 0 Å². The Bertz CT molecular complexity index is 425. The minimum absolute atomic E-state index is 0.246. The minimum Gasteiger partial charge on any atom is -0.491 e. The van der Waals surface area contributed by atoms with Gasteiger partial charge in [0, 0.05) is 25.8 Å². The Kier molecular flexibility index (Phi) is 8.22. The predicted octanol–water partition coefficient (Wildman–Crippen LogP) is 1.03. The molecule has 5 nitrogen and oxygen atoms in total. The molecule has 1 rings (SSSR count). The van der Waals surface area contributed by atoms with Crippen molar-refractivity contribution in [1.29, 1.82) is 0 Å². The highest BCUT2D eigenvalue weighted by Gasteiger charge is 2.11. The largest absolute Gasteiger partial charge is 0.491 e. The van der Waals surface area contributed by atoms with Crippen molar-refractivity contribution in [3.63, 3.8) is 0 Å². The number of aliphatic hydroxyl groups is 1. The van der Waals surface area contributed by atoms with Gasteiger partial charge in [-0.2, -0.15) is 0 Å². The first-order valence-corrected chi connectivity index (χ1v) is 7.39. The van der Waals surface area contributed by atoms with Crippen LogP contribution in [0, 0.1) is 0 Å². The number of rotatable bonds is 10. The number of ether oxygens (including phenoxy) is 2. The van der Waals surface area contributed by atoms with E-state index in [0.717, 1.165) is 18.7 Å². The topological polar surface area (TPSA) is 68.0 Å². The van der Waals surface area contributed by atoms with E-state index in [9.17, 15) is 5.11 Å². The summed E-state index contributed by atoms with van der Waals surface area (Å²) in [7, 11) is 1.67. The molecule has 0 amide bonds. The van der Waals surface area contributed by atoms with E-state index in [-0.39, 0.29) is 6.61 Å². The smallest absolute Gasteiger partial charge is 0.119 e. The number of hydrogen-bond donors (Lipinski definition) is 2. The van der Waals surface area contributed by atoms with Crippen LogP contribution in [-0.4, -0.2) is 61.1 Å². The highest BCUT2D eigenvalue weighted by atomic mass is 32.1. The molecule has 0 saturated heterocycles. The summed E-state index contributed by atoms with van der Waals surface area (Å²) < 4.78 is 10.6. The van der Waals surface area contributed by atoms with Crippen molar-refractivity contribution in [2.75, 3.05) is 40.0 Å². The quantitative estimate of drug-likeness (QED) is 0.629. The van der Waals surface area contributed by atoms with E-state index in [2.05, 4.69) is 11.8 Å². The Balaban J connectivity index is 2.37. The Hall–Kier alpha value is -1.21. The lowest BCUT2D eigenvalue weighted by Crippen LogP contribution is -2.37. The van der Waals surface area contributed by atoms with Crippen LogP contribution in [0.3, 0.4) is 0 Å². The summed E-state index contributed by atoms with van der Waals surface area (Å²) in [6, 6.07) is 7.20. The van der Waals surface area contributed by atoms with Crippen LogP contribution in [0.15, 0.2) is 24.3 Å². The number of nitrogens with zero attached hydrogens (tertiary/aromatic N) is 1. The second-order valence-corrected chi connectivity index (χ2v) is 5.18. The van der Waals surface area contributed by atoms with E-state index in [1.54, 1.807) is 31.4 Å². The third-order valence-electron chi connectivity index (χ3n) is 3.11. The minimum atomic E-state index is -0.544. The molecule has 0 spiro atoms. The molecule has 118 valence electrons. The normalized spacial score (nSPS) is 12.4. The molecule has 3 N–H and O–H groups in total. The molecule has 6 heteroatoms. The van der Waals surface area contributed by atoms with Crippen molar-refractivity contribution in [2.45, 2.75) is 13.0 Å². The highest BCUT2D eigenvalue weighted by molar-refractivity contribution is 7.80. The van der Waals surface area contributed by atoms with Gasteiger partial charge in [-0.15, -0.1) is 0 Å². The van der Waals surface area contributed by atoms with Crippen molar-refractivity contribution in [3.8, 4) is 5.75 Å². The summed E-state index contributed by atoms with van der Waals surface area (Å²) in [5, 5.41) is 10.0. The lowest BCUT2D eigenvalue weighted by Gasteiger charge is -2.23. The number of likely N-dealkylation sites (N-methyl/N-ethyl adjacent to an activating group) is 1. The molecule has 0 aliphatic carbocycles. The second kappa shape index (κ2) is 9.68. The van der Waals surface area contributed by atoms with E-state index in [4.69, 9.17) is 27.4 Å². The predicted molar refractivity (Wildman–Crippen MR) is 87.8 cm³/mol. The van der Waals surface area contributed by atoms with Crippen LogP contribution in [-0.2, 0) is 4.74 Å². The van der Waals surface area contributed by atoms with Gasteiger partial charge in [0.15, 0.2) is 0 Å². The molecule has 0 fully saturated rings. The van der Waals surface area contributed by atoms with Crippen LogP contribution in [0.2, 0.25) is 0 Å². The van der Waals surface area contributed by atoms with Gasteiger partial charge in [-0.3, -0.25) is 4.90 Å². The van der Waals surface area contributed by atoms with Gasteiger partial charge in [0.1, 0.15) is 23.4 Å². The van der Waals surface area contributed by atoms with Gasteiger partial charge in [0.05, 0.1) is 6.61 Å². The maximum absolute atomic E-state index is 10.0. The summed E-state index contributed by atoms with van der Waals surface area (Å²) in [6.07, 6.45) is -0.544. The molecule has 0 aliphatic heterocycles. The Morgan fingerprint density at radius 3 is 2.57 bits per heavy atom. The third-order valence-corrected chi connectivity index (χ3v) is 3.34. The van der Waals surface area contributed by atoms with Crippen molar-refractivity contribution in [3.05, 3.63) is 29.8 Å². The van der Waals surface area contributed by atoms with E-state index in [1.807, 2.05) is 0 Å². The lowest BCUT2D eigenvalue weighted by atomic mass is 10.2. The molecule has 0 aromatic heterocycles. The summed E-state index contributed by atoms with van der Waals surface area (Å²) in [4.78, 5) is 2.48. The number of nitrogens with two attached hydrogens (primary N) is 1. The highest BCUT2D eigenvalue weighted by Crippen LogP contribution is 2.12. The first-order valence-electron chi connectivity index (χ1n) is 6.98. The number of methoxy groups -OCH3 is 1. The van der Waals surface area contributed by atoms with Gasteiger partial charge in [-0.1, -0.05) is 19.1 Å². The third kappa shape index (κ3) is 6.86. The van der Waals surface area contributed by atoms with Crippen LogP contribution < -0.4 is 10.5 Å². The van der Waals surface area contributed by atoms with Gasteiger partial charge in [-0.05, 0) is 30.8 Å². The zero-order valence-corrected chi connectivity index (χ0v) is 13.4. The zero-order valence-electron chi connectivity index (χ0n) is 12.6. The zero-order chi connectivity index (χ0) is 15.7. The summed E-state index contributed by atoms with van der Waals surface area (Å²) in [5.74, 6) is 0.689. The first kappa shape index (κ1) is 17.8. The van der Waals surface area contributed by atoms with E-state index in [1.165, 1.54) is 0 Å². The molecule has 1 atom stereocenters. The standard InChI is InChI=1S/C15H24N2O3S/c1-3-17(8-9-19-2)10-13(18)11-20-14-6-4-12(5-7-14)15(16)21/h4-7,13,18H,3,8-11H2,1-2H3,(H2,16,21). The average molecular weight is 312 g/mol. The van der Waals surface area contributed by atoms with Crippen molar-refractivity contribution >= 4 is 17.2 Å². The SMILES string of the molecule is CCN(CCOC)CC(O)COc1ccc(C(N)=S)cc1. The van der Waals surface area contributed by atoms with Crippen LogP contribution in [0.5, 0.6) is 5.75 Å². The molecular formula is C15H24N2O3S. The van der Waals surface area contributed by atoms with Crippen LogP contribution in [0.4, 0.5) is 0 Å². The summed E-state index contributed by atoms with van der Waals surface area (Å²) in [6.45, 7) is 5.18. The fraction of sp³-hybridized carbons (Fsp3) is 0.533. The van der Waals surface area contributed by atoms with Crippen molar-refractivity contribution < 1.29 is 14.6 Å². The first-order chi connectivity index (χ1) is 10.1. The van der Waals surface area contributed by atoms with Crippen molar-refractivity contribution in [2.24, 2.45) is 5.73 Å².